The standard InChI is InChI=1S/C24H27N3O4/c1-6-19-21(31-7-2)26-27(22(19)28)18-11-9-17(10-12-18)25-23(29)24(5,30)20-13-8-15(3)14-16(20)4/h6,8-14,30H,7H2,1-5H3,(H,25,29)/b19-6-. The SMILES string of the molecule is C/C=C1\C(=O)N(c2ccc(NC(=O)C(C)(O)c3ccc(C)cc3C)cc2)N=C1OCC. The van der Waals surface area contributed by atoms with Crippen molar-refractivity contribution in [2.24, 2.45) is 5.10 Å². The molecule has 0 radical (unpaired) electrons. The quantitative estimate of drug-likeness (QED) is 0.719. The van der Waals surface area contributed by atoms with Gasteiger partial charge >= 0.3 is 0 Å². The normalized spacial score (nSPS) is 16.8. The molecule has 2 N–H and O–H groups in total. The molecule has 3 rings (SSSR count). The molecule has 0 spiro atoms. The Morgan fingerprint density at radius 2 is 1.90 bits per heavy atom. The van der Waals surface area contributed by atoms with Gasteiger partial charge in [0.05, 0.1) is 12.3 Å². The highest BCUT2D eigenvalue weighted by atomic mass is 16.5. The smallest absolute Gasteiger partial charge is 0.284 e. The van der Waals surface area contributed by atoms with E-state index >= 15 is 0 Å². The number of amides is 2. The number of hydrogen-bond donors (Lipinski definition) is 2. The molecule has 1 atom stereocenters. The largest absolute Gasteiger partial charge is 0.476 e. The van der Waals surface area contributed by atoms with Gasteiger partial charge in [-0.3, -0.25) is 9.59 Å². The number of carbonyl (C=O) groups excluding carboxylic acids is 2. The molecule has 2 aromatic rings. The van der Waals surface area contributed by atoms with Crippen LogP contribution in [0.1, 0.15) is 37.5 Å². The number of ether oxygens (including phenoxy) is 1. The van der Waals surface area contributed by atoms with Crippen LogP contribution in [0.2, 0.25) is 0 Å². The van der Waals surface area contributed by atoms with Gasteiger partial charge in [0.1, 0.15) is 5.57 Å². The Morgan fingerprint density at radius 1 is 1.23 bits per heavy atom. The zero-order valence-corrected chi connectivity index (χ0v) is 18.4. The molecule has 1 aliphatic rings. The van der Waals surface area contributed by atoms with Crippen LogP contribution in [0.5, 0.6) is 0 Å². The number of carbonyl (C=O) groups is 2. The first-order chi connectivity index (χ1) is 14.7. The lowest BCUT2D eigenvalue weighted by Gasteiger charge is -2.25. The van der Waals surface area contributed by atoms with Gasteiger partial charge in [0.2, 0.25) is 5.90 Å². The first kappa shape index (κ1) is 22.2. The molecule has 0 aliphatic carbocycles. The van der Waals surface area contributed by atoms with Crippen molar-refractivity contribution in [2.45, 2.75) is 40.2 Å². The van der Waals surface area contributed by atoms with Gasteiger partial charge in [-0.05, 0) is 70.0 Å². The maximum absolute atomic E-state index is 12.8. The number of hydrogen-bond acceptors (Lipinski definition) is 5. The molecule has 0 aromatic heterocycles. The topological polar surface area (TPSA) is 91.2 Å². The van der Waals surface area contributed by atoms with Gasteiger partial charge in [-0.15, -0.1) is 5.10 Å². The van der Waals surface area contributed by atoms with Crippen molar-refractivity contribution in [2.75, 3.05) is 16.9 Å². The Hall–Kier alpha value is -3.45. The maximum Gasteiger partial charge on any atom is 0.284 e. The fraction of sp³-hybridized carbons (Fsp3) is 0.292. The van der Waals surface area contributed by atoms with Gasteiger partial charge in [-0.2, -0.15) is 5.01 Å². The summed E-state index contributed by atoms with van der Waals surface area (Å²) in [6.07, 6.45) is 1.67. The number of benzene rings is 2. The first-order valence-corrected chi connectivity index (χ1v) is 10.1. The molecule has 1 heterocycles. The number of anilines is 2. The van der Waals surface area contributed by atoms with Crippen LogP contribution in [0.4, 0.5) is 11.4 Å². The molecule has 7 heteroatoms. The second-order valence-electron chi connectivity index (χ2n) is 7.55. The summed E-state index contributed by atoms with van der Waals surface area (Å²) < 4.78 is 5.44. The minimum absolute atomic E-state index is 0.277. The molecule has 2 aromatic carbocycles. The summed E-state index contributed by atoms with van der Waals surface area (Å²) in [5.41, 5.74) is 2.18. The van der Waals surface area contributed by atoms with Gasteiger partial charge in [0, 0.05) is 5.69 Å². The average molecular weight is 421 g/mol. The van der Waals surface area contributed by atoms with Crippen molar-refractivity contribution in [3.63, 3.8) is 0 Å². The van der Waals surface area contributed by atoms with E-state index < -0.39 is 11.5 Å². The van der Waals surface area contributed by atoms with Crippen LogP contribution in [-0.2, 0) is 19.9 Å². The van der Waals surface area contributed by atoms with Crippen molar-refractivity contribution in [3.8, 4) is 0 Å². The summed E-state index contributed by atoms with van der Waals surface area (Å²) >= 11 is 0. The van der Waals surface area contributed by atoms with E-state index in [9.17, 15) is 14.7 Å². The molecule has 0 saturated heterocycles. The molecule has 1 unspecified atom stereocenters. The highest BCUT2D eigenvalue weighted by molar-refractivity contribution is 6.27. The van der Waals surface area contributed by atoms with E-state index in [0.29, 0.717) is 29.1 Å². The fourth-order valence-electron chi connectivity index (χ4n) is 3.48. The Morgan fingerprint density at radius 3 is 2.48 bits per heavy atom. The Kier molecular flexibility index (Phi) is 6.27. The summed E-state index contributed by atoms with van der Waals surface area (Å²) in [6, 6.07) is 12.2. The summed E-state index contributed by atoms with van der Waals surface area (Å²) in [7, 11) is 0. The van der Waals surface area contributed by atoms with Crippen LogP contribution in [0.15, 0.2) is 59.2 Å². The minimum Gasteiger partial charge on any atom is -0.476 e. The van der Waals surface area contributed by atoms with Gasteiger partial charge in [-0.25, -0.2) is 0 Å². The van der Waals surface area contributed by atoms with Gasteiger partial charge in [0.25, 0.3) is 11.8 Å². The third-order valence-electron chi connectivity index (χ3n) is 5.13. The lowest BCUT2D eigenvalue weighted by molar-refractivity contribution is -0.133. The van der Waals surface area contributed by atoms with Crippen molar-refractivity contribution < 1.29 is 19.4 Å². The number of nitrogens with zero attached hydrogens (tertiary/aromatic N) is 2. The average Bonchev–Trinajstić information content (AvgIpc) is 3.03. The van der Waals surface area contributed by atoms with Crippen LogP contribution in [0.3, 0.4) is 0 Å². The summed E-state index contributed by atoms with van der Waals surface area (Å²) in [5.74, 6) is -0.533. The van der Waals surface area contributed by atoms with E-state index in [1.54, 1.807) is 43.3 Å². The number of hydrazone groups is 1. The molecule has 0 saturated carbocycles. The maximum atomic E-state index is 12.8. The van der Waals surface area contributed by atoms with E-state index in [-0.39, 0.29) is 11.8 Å². The first-order valence-electron chi connectivity index (χ1n) is 10.1. The van der Waals surface area contributed by atoms with Crippen LogP contribution < -0.4 is 10.3 Å². The van der Waals surface area contributed by atoms with Gasteiger partial charge in [0.15, 0.2) is 5.60 Å². The lowest BCUT2D eigenvalue weighted by Crippen LogP contribution is -2.38. The fourth-order valence-corrected chi connectivity index (χ4v) is 3.48. The zero-order valence-electron chi connectivity index (χ0n) is 18.4. The lowest BCUT2D eigenvalue weighted by atomic mass is 9.90. The van der Waals surface area contributed by atoms with E-state index in [0.717, 1.165) is 11.1 Å². The Labute approximate surface area is 182 Å². The van der Waals surface area contributed by atoms with E-state index in [1.807, 2.05) is 32.9 Å². The molecular formula is C24H27N3O4. The molecule has 1 aliphatic heterocycles. The second kappa shape index (κ2) is 8.73. The highest BCUT2D eigenvalue weighted by Gasteiger charge is 2.34. The number of allylic oxidation sites excluding steroid dienone is 1. The van der Waals surface area contributed by atoms with Crippen LogP contribution in [0, 0.1) is 13.8 Å². The third-order valence-corrected chi connectivity index (χ3v) is 5.13. The predicted octanol–water partition coefficient (Wildman–Crippen LogP) is 3.79. The molecule has 0 bridgehead atoms. The Balaban J connectivity index is 1.78. The van der Waals surface area contributed by atoms with Crippen molar-refractivity contribution in [1.82, 2.24) is 0 Å². The third kappa shape index (κ3) is 4.36. The van der Waals surface area contributed by atoms with Crippen molar-refractivity contribution in [1.29, 1.82) is 0 Å². The van der Waals surface area contributed by atoms with Crippen LogP contribution in [-0.4, -0.2) is 29.4 Å². The summed E-state index contributed by atoms with van der Waals surface area (Å²) in [4.78, 5) is 25.4. The molecule has 162 valence electrons. The predicted molar refractivity (Wildman–Crippen MR) is 121 cm³/mol. The van der Waals surface area contributed by atoms with E-state index in [1.165, 1.54) is 11.9 Å². The van der Waals surface area contributed by atoms with Crippen LogP contribution in [0.25, 0.3) is 0 Å². The van der Waals surface area contributed by atoms with Crippen molar-refractivity contribution in [3.05, 3.63) is 70.8 Å². The number of nitrogens with one attached hydrogen (secondary N) is 1. The number of aryl methyl sites for hydroxylation is 2. The molecule has 2 amide bonds. The molecule has 0 fully saturated rings. The molecular weight excluding hydrogens is 394 g/mol. The zero-order chi connectivity index (χ0) is 22.8. The number of aliphatic hydroxyl groups is 1. The summed E-state index contributed by atoms with van der Waals surface area (Å²) in [6.45, 7) is 9.28. The monoisotopic (exact) mass is 421 g/mol. The van der Waals surface area contributed by atoms with Gasteiger partial charge < -0.3 is 15.2 Å². The molecule has 7 nitrogen and oxygen atoms in total. The molecule has 31 heavy (non-hydrogen) atoms. The van der Waals surface area contributed by atoms with E-state index in [2.05, 4.69) is 10.4 Å². The minimum atomic E-state index is -1.70. The van der Waals surface area contributed by atoms with Crippen molar-refractivity contribution >= 4 is 29.1 Å². The van der Waals surface area contributed by atoms with Crippen LogP contribution >= 0.6 is 0 Å². The highest BCUT2D eigenvalue weighted by Crippen LogP contribution is 2.28. The second-order valence-corrected chi connectivity index (χ2v) is 7.55. The Bertz CT molecular complexity index is 1070. The summed E-state index contributed by atoms with van der Waals surface area (Å²) in [5, 5.41) is 19.1. The number of rotatable bonds is 5. The van der Waals surface area contributed by atoms with Gasteiger partial charge in [-0.1, -0.05) is 29.8 Å². The van der Waals surface area contributed by atoms with E-state index in [4.69, 9.17) is 4.74 Å².